The molecule has 3 N–H and O–H groups in total. The van der Waals surface area contributed by atoms with E-state index in [1.54, 1.807) is 0 Å². The Morgan fingerprint density at radius 3 is 2.26 bits per heavy atom. The van der Waals surface area contributed by atoms with E-state index in [0.717, 1.165) is 88.8 Å². The third-order valence-corrected chi connectivity index (χ3v) is 11.4. The number of fused-ring (bicyclic) bond motifs is 2. The topological polar surface area (TPSA) is 167 Å². The number of carbonyl (C=O) groups excluding carboxylic acids is 3. The Balaban J connectivity index is 1.00. The van der Waals surface area contributed by atoms with Crippen molar-refractivity contribution in [2.45, 2.75) is 90.4 Å². The molecule has 4 atom stereocenters. The molecule has 0 spiro atoms. The zero-order valence-corrected chi connectivity index (χ0v) is 34.2. The molecule has 5 aromatic rings. The summed E-state index contributed by atoms with van der Waals surface area (Å²) < 4.78 is 4.76. The molecular formula is C44H54N8O6. The van der Waals surface area contributed by atoms with Crippen molar-refractivity contribution >= 4 is 46.1 Å². The normalized spacial score (nSPS) is 18.2. The molecule has 2 fully saturated rings. The second kappa shape index (κ2) is 17.8. The quantitative estimate of drug-likeness (QED) is 0.0459. The van der Waals surface area contributed by atoms with Crippen molar-refractivity contribution in [3.05, 3.63) is 83.7 Å². The van der Waals surface area contributed by atoms with Gasteiger partial charge in [0.1, 0.15) is 23.7 Å². The van der Waals surface area contributed by atoms with E-state index in [1.807, 2.05) is 43.7 Å². The van der Waals surface area contributed by atoms with Crippen LogP contribution in [0.15, 0.2) is 65.8 Å². The molecule has 0 saturated carbocycles. The van der Waals surface area contributed by atoms with Gasteiger partial charge in [0.25, 0.3) is 0 Å². The number of hydrogen-bond acceptors (Lipinski definition) is 9. The fourth-order valence-corrected chi connectivity index (χ4v) is 8.27. The van der Waals surface area contributed by atoms with Gasteiger partial charge in [-0.3, -0.25) is 9.59 Å². The van der Waals surface area contributed by atoms with Gasteiger partial charge in [-0.05, 0) is 96.0 Å². The molecule has 7 rings (SSSR count). The van der Waals surface area contributed by atoms with Crippen LogP contribution in [-0.2, 0) is 36.9 Å². The van der Waals surface area contributed by atoms with E-state index < -0.39 is 18.2 Å². The molecule has 3 amide bonds. The number of hydrogen-bond donors (Lipinski definition) is 3. The van der Waals surface area contributed by atoms with Gasteiger partial charge in [-0.25, -0.2) is 19.8 Å². The third kappa shape index (κ3) is 8.71. The third-order valence-electron chi connectivity index (χ3n) is 11.4. The van der Waals surface area contributed by atoms with Crippen LogP contribution in [0.2, 0.25) is 0 Å². The summed E-state index contributed by atoms with van der Waals surface area (Å²) in [5, 5.41) is 5.02. The van der Waals surface area contributed by atoms with Gasteiger partial charge in [0, 0.05) is 19.3 Å². The van der Waals surface area contributed by atoms with Crippen molar-refractivity contribution in [1.29, 1.82) is 0 Å². The number of carbonyl (C=O) groups is 3. The highest BCUT2D eigenvalue weighted by Crippen LogP contribution is 2.35. The van der Waals surface area contributed by atoms with Crippen LogP contribution >= 0.6 is 0 Å². The maximum atomic E-state index is 13.6. The monoisotopic (exact) mass is 790 g/mol. The number of aliphatic imine (C=N–C) groups is 1. The van der Waals surface area contributed by atoms with Crippen LogP contribution in [0, 0.1) is 11.8 Å². The molecule has 2 aliphatic heterocycles. The summed E-state index contributed by atoms with van der Waals surface area (Å²) in [6.45, 7) is 9.04. The molecule has 14 nitrogen and oxygen atoms in total. The van der Waals surface area contributed by atoms with Gasteiger partial charge < -0.3 is 34.7 Å². The summed E-state index contributed by atoms with van der Waals surface area (Å²) in [7, 11) is 2.70. The Bertz CT molecular complexity index is 2280. The predicted molar refractivity (Wildman–Crippen MR) is 222 cm³/mol. The number of aryl methyl sites for hydroxylation is 2. The van der Waals surface area contributed by atoms with Crippen LogP contribution in [0.5, 0.6) is 0 Å². The van der Waals surface area contributed by atoms with Crippen LogP contribution < -0.4 is 5.32 Å². The molecule has 0 unspecified atom stereocenters. The molecule has 0 radical (unpaired) electrons. The molecular weight excluding hydrogens is 737 g/mol. The molecule has 14 heteroatoms. The average Bonchev–Trinajstić information content (AvgIpc) is 4.06. The summed E-state index contributed by atoms with van der Waals surface area (Å²) in [5.41, 5.74) is 6.13. The number of likely N-dealkylation sites (tertiary alicyclic amines) is 2. The van der Waals surface area contributed by atoms with Crippen LogP contribution in [0.3, 0.4) is 0 Å². The van der Waals surface area contributed by atoms with E-state index in [9.17, 15) is 14.4 Å². The second-order valence-electron chi connectivity index (χ2n) is 16.0. The highest BCUT2D eigenvalue weighted by atomic mass is 17.2. The Labute approximate surface area is 338 Å². The molecule has 306 valence electrons. The van der Waals surface area contributed by atoms with Gasteiger partial charge in [-0.2, -0.15) is 4.89 Å². The zero-order valence-electron chi connectivity index (χ0n) is 34.2. The number of amides is 3. The first-order valence-electron chi connectivity index (χ1n) is 20.3. The van der Waals surface area contributed by atoms with E-state index in [4.69, 9.17) is 19.6 Å². The van der Waals surface area contributed by atoms with Gasteiger partial charge in [0.2, 0.25) is 18.2 Å². The molecule has 4 heterocycles. The molecule has 2 aromatic heterocycles. The van der Waals surface area contributed by atoms with Gasteiger partial charge >= 0.3 is 6.09 Å². The summed E-state index contributed by atoms with van der Waals surface area (Å²) in [6, 6.07) is 17.8. The number of imidazole rings is 2. The fraction of sp³-hybridized carbons (Fsp3) is 0.455. The number of nitrogens with one attached hydrogen (secondary N) is 3. The molecule has 2 aliphatic rings. The van der Waals surface area contributed by atoms with E-state index >= 15 is 0 Å². The SMILES string of the molecule is COO/C=N\[C@H](C(=O)N1CCC[C@H]1c1nc2cc(-c3ccc4cc(CCc5c[nH]c([C@@H]6CCCN6C(=O)[C@@H](NC(=O)OC)C(C)C)n5)ccc4c3)ccc2[nH]1)C(C)C. The molecule has 2 saturated heterocycles. The first kappa shape index (κ1) is 40.4. The lowest BCUT2D eigenvalue weighted by Crippen LogP contribution is -2.51. The van der Waals surface area contributed by atoms with Crippen LogP contribution in [-0.4, -0.2) is 93.4 Å². The van der Waals surface area contributed by atoms with Gasteiger partial charge in [0.05, 0.1) is 43.0 Å². The number of nitrogens with zero attached hydrogens (tertiary/aromatic N) is 5. The lowest BCUT2D eigenvalue weighted by Gasteiger charge is -2.29. The minimum absolute atomic E-state index is 0.00817. The summed E-state index contributed by atoms with van der Waals surface area (Å²) in [5.74, 6) is 1.31. The standard InChI is InChI=1S/C44H54N8O6/c1-26(2)38(46-25-58-57-6)42(53)52-20-8-10-37(52)41-48-34-18-16-32(23-35(34)49-41)31-15-14-29-21-28(11-13-30(29)22-31)12-17-33-24-45-40(47-33)36-9-7-19-51(36)43(54)39(27(3)4)50-44(55)56-5/h11,13-16,18,21-27,36-39H,7-10,12,17,19-20H2,1-6H3,(H,45,47)(H,48,49)(H,50,55)/b46-25-/t36-,37-,38-,39-/m0/s1. The fourth-order valence-electron chi connectivity index (χ4n) is 8.27. The smallest absolute Gasteiger partial charge is 0.407 e. The summed E-state index contributed by atoms with van der Waals surface area (Å²) in [6.07, 6.45) is 7.51. The number of methoxy groups -OCH3 is 1. The molecule has 0 bridgehead atoms. The van der Waals surface area contributed by atoms with Crippen LogP contribution in [0.25, 0.3) is 32.9 Å². The van der Waals surface area contributed by atoms with E-state index in [-0.39, 0.29) is 35.7 Å². The summed E-state index contributed by atoms with van der Waals surface area (Å²) in [4.78, 5) is 73.3. The predicted octanol–water partition coefficient (Wildman–Crippen LogP) is 7.23. The van der Waals surface area contributed by atoms with Crippen molar-refractivity contribution in [2.24, 2.45) is 16.8 Å². The molecule has 0 aliphatic carbocycles. The Hall–Kier alpha value is -5.76. The van der Waals surface area contributed by atoms with E-state index in [0.29, 0.717) is 13.1 Å². The second-order valence-corrected chi connectivity index (χ2v) is 16.0. The average molecular weight is 791 g/mol. The largest absolute Gasteiger partial charge is 0.453 e. The van der Waals surface area contributed by atoms with Crippen LogP contribution in [0.4, 0.5) is 4.79 Å². The Morgan fingerprint density at radius 1 is 0.845 bits per heavy atom. The van der Waals surface area contributed by atoms with Crippen molar-refractivity contribution < 1.29 is 28.9 Å². The van der Waals surface area contributed by atoms with Crippen LogP contribution in [0.1, 0.15) is 88.4 Å². The highest BCUT2D eigenvalue weighted by molar-refractivity contribution is 5.90. The number of rotatable bonds is 14. The van der Waals surface area contributed by atoms with Gasteiger partial charge in [-0.15, -0.1) is 0 Å². The lowest BCUT2D eigenvalue weighted by atomic mass is 9.98. The number of ether oxygens (including phenoxy) is 1. The number of aromatic amines is 2. The van der Waals surface area contributed by atoms with Crippen molar-refractivity contribution in [3.63, 3.8) is 0 Å². The zero-order chi connectivity index (χ0) is 40.9. The first-order chi connectivity index (χ1) is 28.0. The van der Waals surface area contributed by atoms with Gasteiger partial charge in [0.15, 0.2) is 0 Å². The maximum absolute atomic E-state index is 13.6. The van der Waals surface area contributed by atoms with Crippen molar-refractivity contribution in [2.75, 3.05) is 27.3 Å². The Morgan fingerprint density at radius 2 is 1.53 bits per heavy atom. The molecule has 3 aromatic carbocycles. The highest BCUT2D eigenvalue weighted by Gasteiger charge is 2.38. The van der Waals surface area contributed by atoms with E-state index in [1.165, 1.54) is 26.2 Å². The lowest BCUT2D eigenvalue weighted by molar-refractivity contribution is -0.188. The van der Waals surface area contributed by atoms with E-state index in [2.05, 4.69) is 79.8 Å². The van der Waals surface area contributed by atoms with Crippen molar-refractivity contribution in [3.8, 4) is 11.1 Å². The number of benzene rings is 3. The molecule has 58 heavy (non-hydrogen) atoms. The first-order valence-corrected chi connectivity index (χ1v) is 20.3. The maximum Gasteiger partial charge on any atom is 0.407 e. The number of aromatic nitrogens is 4. The van der Waals surface area contributed by atoms with Gasteiger partial charge in [-0.1, -0.05) is 64.1 Å². The summed E-state index contributed by atoms with van der Waals surface area (Å²) >= 11 is 0. The Kier molecular flexibility index (Phi) is 12.4. The number of alkyl carbamates (subject to hydrolysis) is 1. The minimum Gasteiger partial charge on any atom is -0.453 e. The van der Waals surface area contributed by atoms with Crippen molar-refractivity contribution in [1.82, 2.24) is 35.1 Å². The minimum atomic E-state index is -0.666. The number of H-pyrrole nitrogens is 2.